The third-order valence-corrected chi connectivity index (χ3v) is 6.19. The molecule has 7 nitrogen and oxygen atoms in total. The van der Waals surface area contributed by atoms with Gasteiger partial charge >= 0.3 is 5.97 Å². The molecule has 1 heterocycles. The minimum absolute atomic E-state index is 0.0968. The van der Waals surface area contributed by atoms with Gasteiger partial charge in [0, 0.05) is 6.04 Å². The smallest absolute Gasteiger partial charge is 0.318 e. The number of aryl methyl sites for hydroxylation is 1. The van der Waals surface area contributed by atoms with E-state index in [4.69, 9.17) is 5.11 Å². The lowest BCUT2D eigenvalue weighted by atomic mass is 10.3. The topological polar surface area (TPSA) is 92.5 Å². The zero-order valence-corrected chi connectivity index (χ0v) is 14.3. The molecular weight excluding hydrogens is 330 g/mol. The summed E-state index contributed by atoms with van der Waals surface area (Å²) in [6.45, 7) is 2.79. The van der Waals surface area contributed by atoms with Crippen molar-refractivity contribution in [1.82, 2.24) is 14.1 Å². The van der Waals surface area contributed by atoms with Crippen molar-refractivity contribution in [2.24, 2.45) is 0 Å². The minimum atomic E-state index is -3.91. The van der Waals surface area contributed by atoms with Crippen LogP contribution in [0.1, 0.15) is 24.2 Å². The average molecular weight is 349 g/mol. The van der Waals surface area contributed by atoms with E-state index in [-0.39, 0.29) is 10.9 Å². The lowest BCUT2D eigenvalue weighted by molar-refractivity contribution is -0.137. The number of aromatic nitrogens is 2. The minimum Gasteiger partial charge on any atom is -0.480 e. The van der Waals surface area contributed by atoms with Gasteiger partial charge in [0.25, 0.3) is 0 Å². The predicted molar refractivity (Wildman–Crippen MR) is 87.6 cm³/mol. The summed E-state index contributed by atoms with van der Waals surface area (Å²) in [5, 5.41) is 13.4. The van der Waals surface area contributed by atoms with Crippen LogP contribution in [-0.4, -0.2) is 46.2 Å². The second-order valence-corrected chi connectivity index (χ2v) is 7.75. The second-order valence-electron chi connectivity index (χ2n) is 5.92. The molecule has 0 saturated heterocycles. The maximum atomic E-state index is 13.0. The molecule has 1 aliphatic carbocycles. The van der Waals surface area contributed by atoms with Crippen LogP contribution in [-0.2, 0) is 14.8 Å². The first-order valence-corrected chi connectivity index (χ1v) is 9.11. The molecule has 1 aromatic heterocycles. The fraction of sp³-hybridized carbons (Fsp3) is 0.375. The molecule has 2 aromatic rings. The standard InChI is InChI=1S/C16H19N3O4S/c1-11-16(12(2)19(17-11)14-6-4-3-5-7-14)24(22,23)18(10-15(20)21)13-8-9-13/h3-7,13H,8-10H2,1-2H3,(H,20,21). The molecule has 1 aliphatic rings. The summed E-state index contributed by atoms with van der Waals surface area (Å²) in [5.41, 5.74) is 1.61. The molecule has 0 bridgehead atoms. The number of para-hydroxylation sites is 1. The molecule has 24 heavy (non-hydrogen) atoms. The fourth-order valence-electron chi connectivity index (χ4n) is 2.85. The first-order chi connectivity index (χ1) is 11.3. The van der Waals surface area contributed by atoms with Crippen molar-refractivity contribution in [2.45, 2.75) is 37.6 Å². The largest absolute Gasteiger partial charge is 0.480 e. The van der Waals surface area contributed by atoms with Gasteiger partial charge in [0.05, 0.1) is 17.1 Å². The number of rotatable bonds is 6. The van der Waals surface area contributed by atoms with Crippen LogP contribution in [0.2, 0.25) is 0 Å². The summed E-state index contributed by atoms with van der Waals surface area (Å²) in [7, 11) is -3.91. The third kappa shape index (κ3) is 2.94. The van der Waals surface area contributed by atoms with E-state index in [0.29, 0.717) is 24.2 Å². The van der Waals surface area contributed by atoms with Gasteiger partial charge in [-0.2, -0.15) is 9.40 Å². The molecule has 0 amide bonds. The van der Waals surface area contributed by atoms with Gasteiger partial charge in [-0.3, -0.25) is 4.79 Å². The highest BCUT2D eigenvalue weighted by molar-refractivity contribution is 7.89. The Balaban J connectivity index is 2.08. The summed E-state index contributed by atoms with van der Waals surface area (Å²) < 4.78 is 28.8. The Morgan fingerprint density at radius 1 is 1.29 bits per heavy atom. The number of hydrogen-bond acceptors (Lipinski definition) is 4. The summed E-state index contributed by atoms with van der Waals surface area (Å²) in [4.78, 5) is 11.2. The van der Waals surface area contributed by atoms with Crippen LogP contribution in [0.3, 0.4) is 0 Å². The first kappa shape index (κ1) is 16.7. The molecule has 0 atom stereocenters. The van der Waals surface area contributed by atoms with Crippen molar-refractivity contribution < 1.29 is 18.3 Å². The van der Waals surface area contributed by atoms with E-state index in [9.17, 15) is 13.2 Å². The highest BCUT2D eigenvalue weighted by Gasteiger charge is 2.41. The van der Waals surface area contributed by atoms with E-state index in [1.165, 1.54) is 0 Å². The highest BCUT2D eigenvalue weighted by atomic mass is 32.2. The number of sulfonamides is 1. The van der Waals surface area contributed by atoms with Crippen LogP contribution in [0, 0.1) is 13.8 Å². The summed E-state index contributed by atoms with van der Waals surface area (Å²) >= 11 is 0. The molecule has 3 rings (SSSR count). The Labute approximate surface area is 140 Å². The Morgan fingerprint density at radius 3 is 2.46 bits per heavy atom. The van der Waals surface area contributed by atoms with E-state index in [1.54, 1.807) is 18.5 Å². The van der Waals surface area contributed by atoms with Crippen molar-refractivity contribution in [3.05, 3.63) is 41.7 Å². The van der Waals surface area contributed by atoms with Crippen molar-refractivity contribution in [1.29, 1.82) is 0 Å². The third-order valence-electron chi connectivity index (χ3n) is 4.04. The van der Waals surface area contributed by atoms with Gasteiger partial charge in [0.15, 0.2) is 0 Å². The molecule has 1 fully saturated rings. The van der Waals surface area contributed by atoms with Gasteiger partial charge in [-0.25, -0.2) is 13.1 Å². The molecule has 0 spiro atoms. The van der Waals surface area contributed by atoms with Gasteiger partial charge < -0.3 is 5.11 Å². The van der Waals surface area contributed by atoms with Crippen molar-refractivity contribution in [2.75, 3.05) is 6.54 Å². The summed E-state index contributed by atoms with van der Waals surface area (Å²) in [5.74, 6) is -1.16. The van der Waals surface area contributed by atoms with Gasteiger partial charge in [-0.15, -0.1) is 0 Å². The van der Waals surface area contributed by atoms with E-state index in [1.807, 2.05) is 30.3 Å². The lowest BCUT2D eigenvalue weighted by Gasteiger charge is -2.20. The van der Waals surface area contributed by atoms with Gasteiger partial charge in [-0.1, -0.05) is 18.2 Å². The Hall–Kier alpha value is -2.19. The number of nitrogens with zero attached hydrogens (tertiary/aromatic N) is 3. The zero-order chi connectivity index (χ0) is 17.5. The number of benzene rings is 1. The molecule has 1 saturated carbocycles. The Bertz CT molecular complexity index is 870. The quantitative estimate of drug-likeness (QED) is 0.857. The molecular formula is C16H19N3O4S. The van der Waals surface area contributed by atoms with Crippen LogP contribution in [0.5, 0.6) is 0 Å². The molecule has 128 valence electrons. The fourth-order valence-corrected chi connectivity index (χ4v) is 4.84. The van der Waals surface area contributed by atoms with Crippen molar-refractivity contribution >= 4 is 16.0 Å². The van der Waals surface area contributed by atoms with Crippen molar-refractivity contribution in [3.63, 3.8) is 0 Å². The van der Waals surface area contributed by atoms with E-state index >= 15 is 0 Å². The van der Waals surface area contributed by atoms with E-state index in [2.05, 4.69) is 5.10 Å². The monoisotopic (exact) mass is 349 g/mol. The van der Waals surface area contributed by atoms with Crippen LogP contribution >= 0.6 is 0 Å². The van der Waals surface area contributed by atoms with Crippen LogP contribution in [0.4, 0.5) is 0 Å². The van der Waals surface area contributed by atoms with Crippen molar-refractivity contribution in [3.8, 4) is 5.69 Å². The molecule has 1 aromatic carbocycles. The number of carbonyl (C=O) groups is 1. The van der Waals surface area contributed by atoms with Crippen LogP contribution < -0.4 is 0 Å². The van der Waals surface area contributed by atoms with Gasteiger partial charge in [0.1, 0.15) is 11.4 Å². The number of carboxylic acids is 1. The first-order valence-electron chi connectivity index (χ1n) is 7.67. The van der Waals surface area contributed by atoms with Crippen LogP contribution in [0.15, 0.2) is 35.2 Å². The summed E-state index contributed by atoms with van der Waals surface area (Å²) in [6, 6.07) is 9.01. The molecule has 0 aliphatic heterocycles. The van der Waals surface area contributed by atoms with E-state index in [0.717, 1.165) is 9.99 Å². The zero-order valence-electron chi connectivity index (χ0n) is 13.5. The molecule has 8 heteroatoms. The number of hydrogen-bond donors (Lipinski definition) is 1. The molecule has 0 unspecified atom stereocenters. The van der Waals surface area contributed by atoms with Gasteiger partial charge in [-0.05, 0) is 38.8 Å². The maximum absolute atomic E-state index is 13.0. The van der Waals surface area contributed by atoms with E-state index < -0.39 is 22.5 Å². The number of aliphatic carboxylic acids is 1. The lowest BCUT2D eigenvalue weighted by Crippen LogP contribution is -2.37. The normalized spacial score (nSPS) is 15.0. The van der Waals surface area contributed by atoms with Gasteiger partial charge in [0.2, 0.25) is 10.0 Å². The van der Waals surface area contributed by atoms with Crippen LogP contribution in [0.25, 0.3) is 5.69 Å². The number of carboxylic acid groups (broad SMARTS) is 1. The average Bonchev–Trinajstić information content (AvgIpc) is 3.30. The second kappa shape index (κ2) is 6.03. The Kier molecular flexibility index (Phi) is 4.18. The maximum Gasteiger partial charge on any atom is 0.318 e. The molecule has 0 radical (unpaired) electrons. The highest BCUT2D eigenvalue weighted by Crippen LogP contribution is 2.34. The molecule has 1 N–H and O–H groups in total. The Morgan fingerprint density at radius 2 is 1.92 bits per heavy atom. The predicted octanol–water partition coefficient (Wildman–Crippen LogP) is 1.73. The summed E-state index contributed by atoms with van der Waals surface area (Å²) in [6.07, 6.45) is 1.38. The SMILES string of the molecule is Cc1nn(-c2ccccc2)c(C)c1S(=O)(=O)N(CC(=O)O)C1CC1.